The smallest absolute Gasteiger partial charge is 0.0609 e. The zero-order valence-corrected chi connectivity index (χ0v) is 12.0. The van der Waals surface area contributed by atoms with Gasteiger partial charge in [0.05, 0.1) is 6.10 Å². The third kappa shape index (κ3) is 2.56. The fraction of sp³-hybridized carbons (Fsp3) is 0.647. The lowest BCUT2D eigenvalue weighted by Gasteiger charge is -2.38. The number of hydrogen-bond donors (Lipinski definition) is 1. The second-order valence-corrected chi connectivity index (χ2v) is 6.48. The molecule has 1 aromatic carbocycles. The molecule has 2 saturated heterocycles. The van der Waals surface area contributed by atoms with Crippen LogP contribution in [0.3, 0.4) is 0 Å². The number of fused-ring (bicyclic) bond motifs is 2. The SMILES string of the molecule is Cc1ccccc1CC(O)C1CC2CCC(C1)N2C. The lowest BCUT2D eigenvalue weighted by molar-refractivity contribution is 0.0367. The molecule has 3 unspecified atom stereocenters. The molecule has 2 nitrogen and oxygen atoms in total. The Morgan fingerprint density at radius 3 is 2.47 bits per heavy atom. The Labute approximate surface area is 116 Å². The normalized spacial score (nSPS) is 32.5. The fourth-order valence-corrected chi connectivity index (χ4v) is 4.00. The van der Waals surface area contributed by atoms with Crippen LogP contribution in [0.4, 0.5) is 0 Å². The van der Waals surface area contributed by atoms with Crippen LogP contribution in [-0.4, -0.2) is 35.2 Å². The molecule has 2 aliphatic heterocycles. The first-order valence-corrected chi connectivity index (χ1v) is 7.59. The summed E-state index contributed by atoms with van der Waals surface area (Å²) in [6.07, 6.45) is 5.67. The van der Waals surface area contributed by atoms with Gasteiger partial charge in [-0.25, -0.2) is 0 Å². The van der Waals surface area contributed by atoms with Gasteiger partial charge in [0, 0.05) is 12.1 Å². The van der Waals surface area contributed by atoms with Gasteiger partial charge in [0.15, 0.2) is 0 Å². The van der Waals surface area contributed by atoms with E-state index in [0.717, 1.165) is 18.5 Å². The average molecular weight is 259 g/mol. The highest BCUT2D eigenvalue weighted by molar-refractivity contribution is 5.26. The van der Waals surface area contributed by atoms with Gasteiger partial charge in [-0.15, -0.1) is 0 Å². The number of rotatable bonds is 3. The Kier molecular flexibility index (Phi) is 3.64. The summed E-state index contributed by atoms with van der Waals surface area (Å²) in [5.41, 5.74) is 2.61. The molecule has 0 radical (unpaired) electrons. The number of benzene rings is 1. The summed E-state index contributed by atoms with van der Waals surface area (Å²) in [6, 6.07) is 9.88. The van der Waals surface area contributed by atoms with Crippen molar-refractivity contribution in [2.24, 2.45) is 5.92 Å². The van der Waals surface area contributed by atoms with Crippen LogP contribution in [0.1, 0.15) is 36.8 Å². The molecule has 0 aromatic heterocycles. The van der Waals surface area contributed by atoms with E-state index in [-0.39, 0.29) is 6.10 Å². The van der Waals surface area contributed by atoms with Crippen molar-refractivity contribution in [3.05, 3.63) is 35.4 Å². The van der Waals surface area contributed by atoms with E-state index in [1.165, 1.54) is 36.8 Å². The molecule has 2 fully saturated rings. The zero-order chi connectivity index (χ0) is 13.4. The van der Waals surface area contributed by atoms with Crippen LogP contribution in [0.15, 0.2) is 24.3 Å². The second kappa shape index (κ2) is 5.26. The van der Waals surface area contributed by atoms with E-state index >= 15 is 0 Å². The lowest BCUT2D eigenvalue weighted by atomic mass is 9.84. The first-order chi connectivity index (χ1) is 9.15. The lowest BCUT2D eigenvalue weighted by Crippen LogP contribution is -2.43. The number of aliphatic hydroxyl groups excluding tert-OH is 1. The van der Waals surface area contributed by atoms with Gasteiger partial charge in [0.2, 0.25) is 0 Å². The van der Waals surface area contributed by atoms with Gasteiger partial charge in [0.25, 0.3) is 0 Å². The average Bonchev–Trinajstić information content (AvgIpc) is 2.64. The number of piperidine rings is 1. The fourth-order valence-electron chi connectivity index (χ4n) is 4.00. The minimum absolute atomic E-state index is 0.169. The molecule has 2 heterocycles. The molecule has 1 N–H and O–H groups in total. The van der Waals surface area contributed by atoms with Crippen LogP contribution in [0.2, 0.25) is 0 Å². The minimum Gasteiger partial charge on any atom is -0.392 e. The summed E-state index contributed by atoms with van der Waals surface area (Å²) >= 11 is 0. The minimum atomic E-state index is -0.169. The van der Waals surface area contributed by atoms with Crippen molar-refractivity contribution >= 4 is 0 Å². The van der Waals surface area contributed by atoms with Crippen molar-refractivity contribution in [2.75, 3.05) is 7.05 Å². The highest BCUT2D eigenvalue weighted by atomic mass is 16.3. The van der Waals surface area contributed by atoms with Gasteiger partial charge < -0.3 is 10.0 Å². The molecule has 0 saturated carbocycles. The number of aryl methyl sites for hydroxylation is 1. The van der Waals surface area contributed by atoms with Crippen LogP contribution >= 0.6 is 0 Å². The quantitative estimate of drug-likeness (QED) is 0.902. The van der Waals surface area contributed by atoms with E-state index in [4.69, 9.17) is 0 Å². The van der Waals surface area contributed by atoms with E-state index in [0.29, 0.717) is 5.92 Å². The third-order valence-corrected chi connectivity index (χ3v) is 5.37. The van der Waals surface area contributed by atoms with Crippen LogP contribution in [-0.2, 0) is 6.42 Å². The summed E-state index contributed by atoms with van der Waals surface area (Å²) in [7, 11) is 2.26. The van der Waals surface area contributed by atoms with E-state index in [9.17, 15) is 5.11 Å². The Bertz CT molecular complexity index is 431. The number of hydrogen-bond acceptors (Lipinski definition) is 2. The first kappa shape index (κ1) is 13.1. The van der Waals surface area contributed by atoms with E-state index in [1.807, 2.05) is 0 Å². The molecule has 2 bridgehead atoms. The molecule has 0 amide bonds. The summed E-state index contributed by atoms with van der Waals surface area (Å²) in [5.74, 6) is 0.494. The van der Waals surface area contributed by atoms with Gasteiger partial charge in [-0.05, 0) is 63.1 Å². The molecule has 3 rings (SSSR count). The molecule has 1 aromatic rings. The van der Waals surface area contributed by atoms with Crippen molar-refractivity contribution in [2.45, 2.75) is 57.2 Å². The molecule has 3 atom stereocenters. The maximum Gasteiger partial charge on any atom is 0.0609 e. The van der Waals surface area contributed by atoms with Gasteiger partial charge in [-0.1, -0.05) is 24.3 Å². The van der Waals surface area contributed by atoms with Crippen molar-refractivity contribution in [1.82, 2.24) is 4.90 Å². The topological polar surface area (TPSA) is 23.5 Å². The maximum atomic E-state index is 10.6. The molecule has 2 heteroatoms. The molecule has 0 spiro atoms. The zero-order valence-electron chi connectivity index (χ0n) is 12.0. The monoisotopic (exact) mass is 259 g/mol. The predicted octanol–water partition coefficient (Wildman–Crippen LogP) is 2.77. The number of aliphatic hydroxyl groups is 1. The highest BCUT2D eigenvalue weighted by Gasteiger charge is 2.40. The molecule has 19 heavy (non-hydrogen) atoms. The summed E-state index contributed by atoms with van der Waals surface area (Å²) in [5, 5.41) is 10.6. The summed E-state index contributed by atoms with van der Waals surface area (Å²) in [6.45, 7) is 2.14. The van der Waals surface area contributed by atoms with Crippen LogP contribution in [0, 0.1) is 12.8 Å². The molecule has 0 aliphatic carbocycles. The first-order valence-electron chi connectivity index (χ1n) is 7.59. The standard InChI is InChI=1S/C17H25NO/c1-12-5-3-4-6-13(12)11-17(19)14-9-15-7-8-16(10-14)18(15)2/h3-6,14-17,19H,7-11H2,1-2H3. The molecule has 104 valence electrons. The van der Waals surface area contributed by atoms with Crippen molar-refractivity contribution in [3.63, 3.8) is 0 Å². The molecule has 2 aliphatic rings. The third-order valence-electron chi connectivity index (χ3n) is 5.37. The van der Waals surface area contributed by atoms with E-state index in [2.05, 4.69) is 43.1 Å². The molecular formula is C17H25NO. The van der Waals surface area contributed by atoms with Crippen molar-refractivity contribution < 1.29 is 5.11 Å². The van der Waals surface area contributed by atoms with Crippen molar-refractivity contribution in [3.8, 4) is 0 Å². The highest BCUT2D eigenvalue weighted by Crippen LogP contribution is 2.39. The summed E-state index contributed by atoms with van der Waals surface area (Å²) in [4.78, 5) is 2.54. The Hall–Kier alpha value is -0.860. The van der Waals surface area contributed by atoms with E-state index in [1.54, 1.807) is 0 Å². The second-order valence-electron chi connectivity index (χ2n) is 6.48. The van der Waals surface area contributed by atoms with Gasteiger partial charge in [0.1, 0.15) is 0 Å². The van der Waals surface area contributed by atoms with Crippen LogP contribution in [0.5, 0.6) is 0 Å². The van der Waals surface area contributed by atoms with Crippen molar-refractivity contribution in [1.29, 1.82) is 0 Å². The number of nitrogens with zero attached hydrogens (tertiary/aromatic N) is 1. The van der Waals surface area contributed by atoms with Gasteiger partial charge in [-0.3, -0.25) is 0 Å². The van der Waals surface area contributed by atoms with Gasteiger partial charge >= 0.3 is 0 Å². The Balaban J connectivity index is 1.65. The van der Waals surface area contributed by atoms with Crippen LogP contribution < -0.4 is 0 Å². The summed E-state index contributed by atoms with van der Waals surface area (Å²) < 4.78 is 0. The van der Waals surface area contributed by atoms with Crippen LogP contribution in [0.25, 0.3) is 0 Å². The molecular weight excluding hydrogens is 234 g/mol. The largest absolute Gasteiger partial charge is 0.392 e. The van der Waals surface area contributed by atoms with Gasteiger partial charge in [-0.2, -0.15) is 0 Å². The Morgan fingerprint density at radius 2 is 1.84 bits per heavy atom. The predicted molar refractivity (Wildman–Crippen MR) is 78.2 cm³/mol. The Morgan fingerprint density at radius 1 is 1.21 bits per heavy atom. The van der Waals surface area contributed by atoms with E-state index < -0.39 is 0 Å². The maximum absolute atomic E-state index is 10.6.